The minimum atomic E-state index is -0.672. The van der Waals surface area contributed by atoms with Gasteiger partial charge in [0.05, 0.1) is 0 Å². The van der Waals surface area contributed by atoms with Crippen molar-refractivity contribution in [2.75, 3.05) is 32.9 Å². The zero-order chi connectivity index (χ0) is 18.1. The van der Waals surface area contributed by atoms with Gasteiger partial charge in [0.15, 0.2) is 5.96 Å². The highest BCUT2D eigenvalue weighted by Gasteiger charge is 2.26. The third-order valence-electron chi connectivity index (χ3n) is 5.80. The molecule has 154 valence electrons. The fourth-order valence-corrected chi connectivity index (χ4v) is 5.54. The Hall–Kier alpha value is 0.110. The quantitative estimate of drug-likeness (QED) is 0.322. The van der Waals surface area contributed by atoms with Crippen molar-refractivity contribution >= 4 is 40.7 Å². The molecule has 0 spiro atoms. The third-order valence-corrected chi connectivity index (χ3v) is 7.54. The van der Waals surface area contributed by atoms with Crippen LogP contribution < -0.4 is 10.6 Å². The lowest BCUT2D eigenvalue weighted by molar-refractivity contribution is 0.194. The van der Waals surface area contributed by atoms with Gasteiger partial charge >= 0.3 is 0 Å². The summed E-state index contributed by atoms with van der Waals surface area (Å²) < 4.78 is 12.1. The van der Waals surface area contributed by atoms with E-state index < -0.39 is 10.8 Å². The van der Waals surface area contributed by atoms with E-state index in [1.165, 1.54) is 32.1 Å². The Balaban J connectivity index is 0.00000338. The second kappa shape index (κ2) is 13.3. The number of rotatable bonds is 7. The molecular formula is C19H39IN4OS. The van der Waals surface area contributed by atoms with E-state index in [2.05, 4.69) is 27.6 Å². The Kier molecular flexibility index (Phi) is 12.4. The summed E-state index contributed by atoms with van der Waals surface area (Å²) >= 11 is 0. The van der Waals surface area contributed by atoms with Crippen molar-refractivity contribution in [1.82, 2.24) is 15.5 Å². The Bertz CT molecular complexity index is 443. The van der Waals surface area contributed by atoms with Gasteiger partial charge in [-0.05, 0) is 39.2 Å². The Labute approximate surface area is 180 Å². The molecule has 2 N–H and O–H groups in total. The van der Waals surface area contributed by atoms with Crippen LogP contribution in [-0.4, -0.2) is 65.3 Å². The first-order valence-corrected chi connectivity index (χ1v) is 11.6. The molecule has 2 rings (SSSR count). The molecule has 0 saturated heterocycles. The van der Waals surface area contributed by atoms with Gasteiger partial charge < -0.3 is 15.5 Å². The number of likely N-dealkylation sites (N-methyl/N-ethyl adjacent to an activating group) is 1. The normalized spacial score (nSPS) is 26.2. The molecule has 26 heavy (non-hydrogen) atoms. The lowest BCUT2D eigenvalue weighted by Crippen LogP contribution is -2.48. The molecule has 5 nitrogen and oxygen atoms in total. The van der Waals surface area contributed by atoms with Crippen LogP contribution in [0.5, 0.6) is 0 Å². The smallest absolute Gasteiger partial charge is 0.191 e. The summed E-state index contributed by atoms with van der Waals surface area (Å²) in [6, 6.07) is 1.16. The Morgan fingerprint density at radius 3 is 2.54 bits per heavy atom. The minimum Gasteiger partial charge on any atom is -0.355 e. The molecule has 2 fully saturated rings. The van der Waals surface area contributed by atoms with E-state index in [0.29, 0.717) is 11.3 Å². The largest absolute Gasteiger partial charge is 0.355 e. The van der Waals surface area contributed by atoms with Crippen molar-refractivity contribution in [3.8, 4) is 0 Å². The van der Waals surface area contributed by atoms with Gasteiger partial charge in [0, 0.05) is 54.0 Å². The number of nitrogens with one attached hydrogen (secondary N) is 2. The second-order valence-corrected chi connectivity index (χ2v) is 9.58. The summed E-state index contributed by atoms with van der Waals surface area (Å²) in [5.74, 6) is 1.67. The number of aliphatic imine (C=N–C) groups is 1. The number of guanidine groups is 1. The monoisotopic (exact) mass is 498 g/mol. The molecule has 2 aliphatic carbocycles. The zero-order valence-corrected chi connectivity index (χ0v) is 20.0. The SMILES string of the molecule is CCS(=O)C1CCCC(NC(=NC)NCCN(C)C2CCCCC2)C1.I. The minimum absolute atomic E-state index is 0. The van der Waals surface area contributed by atoms with Gasteiger partial charge in [-0.2, -0.15) is 0 Å². The van der Waals surface area contributed by atoms with Gasteiger partial charge in [0.25, 0.3) is 0 Å². The summed E-state index contributed by atoms with van der Waals surface area (Å²) in [5.41, 5.74) is 0. The van der Waals surface area contributed by atoms with E-state index in [1.807, 2.05) is 14.0 Å². The van der Waals surface area contributed by atoms with Crippen LogP contribution in [0.1, 0.15) is 64.7 Å². The van der Waals surface area contributed by atoms with Crippen LogP contribution in [0.3, 0.4) is 0 Å². The van der Waals surface area contributed by atoms with Crippen LogP contribution in [0.15, 0.2) is 4.99 Å². The average molecular weight is 499 g/mol. The lowest BCUT2D eigenvalue weighted by atomic mass is 9.94. The maximum atomic E-state index is 12.1. The molecule has 0 bridgehead atoms. The first-order chi connectivity index (χ1) is 12.1. The van der Waals surface area contributed by atoms with E-state index in [9.17, 15) is 4.21 Å². The Morgan fingerprint density at radius 1 is 1.15 bits per heavy atom. The van der Waals surface area contributed by atoms with Gasteiger partial charge in [-0.25, -0.2) is 0 Å². The molecular weight excluding hydrogens is 459 g/mol. The van der Waals surface area contributed by atoms with Crippen molar-refractivity contribution in [3.63, 3.8) is 0 Å². The van der Waals surface area contributed by atoms with Crippen molar-refractivity contribution in [2.24, 2.45) is 4.99 Å². The van der Waals surface area contributed by atoms with E-state index in [-0.39, 0.29) is 24.0 Å². The maximum absolute atomic E-state index is 12.1. The maximum Gasteiger partial charge on any atom is 0.191 e. The first kappa shape index (κ1) is 24.1. The van der Waals surface area contributed by atoms with Crippen molar-refractivity contribution in [1.29, 1.82) is 0 Å². The zero-order valence-electron chi connectivity index (χ0n) is 16.8. The van der Waals surface area contributed by atoms with Crippen LogP contribution in [0.2, 0.25) is 0 Å². The fourth-order valence-electron chi connectivity index (χ4n) is 4.19. The Morgan fingerprint density at radius 2 is 1.88 bits per heavy atom. The lowest BCUT2D eigenvalue weighted by Gasteiger charge is -2.32. The standard InChI is InChI=1S/C19H38N4OS.HI/c1-4-25(24)18-12-8-9-16(15-18)22-19(20-2)21-13-14-23(3)17-10-6-5-7-11-17;/h16-18H,4-15H2,1-3H3,(H2,20,21,22);1H. The molecule has 0 aliphatic heterocycles. The molecule has 7 heteroatoms. The number of hydrogen-bond donors (Lipinski definition) is 2. The molecule has 0 aromatic rings. The second-order valence-electron chi connectivity index (χ2n) is 7.57. The van der Waals surface area contributed by atoms with Crippen molar-refractivity contribution in [3.05, 3.63) is 0 Å². The molecule has 0 aromatic carbocycles. The van der Waals surface area contributed by atoms with Gasteiger partial charge in [0.2, 0.25) is 0 Å². The predicted octanol–water partition coefficient (Wildman–Crippen LogP) is 3.11. The summed E-state index contributed by atoms with van der Waals surface area (Å²) in [6.07, 6.45) is 11.3. The van der Waals surface area contributed by atoms with Crippen LogP contribution in [-0.2, 0) is 10.8 Å². The topological polar surface area (TPSA) is 56.7 Å². The average Bonchev–Trinajstić information content (AvgIpc) is 2.67. The first-order valence-electron chi connectivity index (χ1n) is 10.2. The number of nitrogens with zero attached hydrogens (tertiary/aromatic N) is 2. The highest BCUT2D eigenvalue weighted by molar-refractivity contribution is 14.0. The molecule has 2 saturated carbocycles. The van der Waals surface area contributed by atoms with Crippen LogP contribution >= 0.6 is 24.0 Å². The number of hydrogen-bond acceptors (Lipinski definition) is 3. The van der Waals surface area contributed by atoms with Crippen molar-refractivity contribution < 1.29 is 4.21 Å². The van der Waals surface area contributed by atoms with Crippen LogP contribution in [0.4, 0.5) is 0 Å². The van der Waals surface area contributed by atoms with Gasteiger partial charge in [-0.3, -0.25) is 9.20 Å². The van der Waals surface area contributed by atoms with E-state index in [0.717, 1.165) is 56.5 Å². The van der Waals surface area contributed by atoms with Gasteiger partial charge in [-0.15, -0.1) is 24.0 Å². The summed E-state index contributed by atoms with van der Waals surface area (Å²) in [4.78, 5) is 6.88. The summed E-state index contributed by atoms with van der Waals surface area (Å²) in [7, 11) is 3.42. The summed E-state index contributed by atoms with van der Waals surface area (Å²) in [5, 5.41) is 7.37. The van der Waals surface area contributed by atoms with Crippen LogP contribution in [0.25, 0.3) is 0 Å². The predicted molar refractivity (Wildman–Crippen MR) is 124 cm³/mol. The molecule has 3 atom stereocenters. The van der Waals surface area contributed by atoms with E-state index in [1.54, 1.807) is 0 Å². The molecule has 0 heterocycles. The third kappa shape index (κ3) is 8.00. The van der Waals surface area contributed by atoms with E-state index >= 15 is 0 Å². The molecule has 2 aliphatic rings. The number of halogens is 1. The molecule has 0 radical (unpaired) electrons. The van der Waals surface area contributed by atoms with Crippen LogP contribution in [0, 0.1) is 0 Å². The van der Waals surface area contributed by atoms with Crippen molar-refractivity contribution in [2.45, 2.75) is 82.0 Å². The molecule has 0 amide bonds. The molecule has 0 aromatic heterocycles. The molecule has 3 unspecified atom stereocenters. The van der Waals surface area contributed by atoms with E-state index in [4.69, 9.17) is 0 Å². The van der Waals surface area contributed by atoms with Gasteiger partial charge in [0.1, 0.15) is 0 Å². The fraction of sp³-hybridized carbons (Fsp3) is 0.947. The summed E-state index contributed by atoms with van der Waals surface area (Å²) in [6.45, 7) is 4.00. The highest BCUT2D eigenvalue weighted by Crippen LogP contribution is 2.23. The van der Waals surface area contributed by atoms with Gasteiger partial charge in [-0.1, -0.05) is 32.6 Å². The highest BCUT2D eigenvalue weighted by atomic mass is 127.